The molecule has 1 N–H and O–H groups in total. The second-order valence-corrected chi connectivity index (χ2v) is 14.7. The van der Waals surface area contributed by atoms with E-state index in [1.807, 2.05) is 0 Å². The van der Waals surface area contributed by atoms with E-state index < -0.39 is 0 Å². The van der Waals surface area contributed by atoms with Crippen molar-refractivity contribution in [1.82, 2.24) is 0 Å². The van der Waals surface area contributed by atoms with Gasteiger partial charge in [0.1, 0.15) is 0 Å². The van der Waals surface area contributed by atoms with Gasteiger partial charge in [0.25, 0.3) is 0 Å². The van der Waals surface area contributed by atoms with Crippen molar-refractivity contribution in [2.45, 2.75) is 200 Å². The fourth-order valence-corrected chi connectivity index (χ4v) is 6.10. The Balaban J connectivity index is 4.06. The van der Waals surface area contributed by atoms with Crippen LogP contribution in [0.15, 0.2) is 48.6 Å². The van der Waals surface area contributed by atoms with Crippen LogP contribution in [-0.2, 0) is 28.6 Å². The SMILES string of the molecule is CCCCC/C=C\C/C=C\CCCCCCCC(=O)OCCCC(CCOC(=O)CCCCCCC/C=C\C/C=C\CCCCC)CC(=O)OCCCO. The number of ether oxygens (including phenoxy) is 3. The Morgan fingerprint density at radius 3 is 1.33 bits per heavy atom. The number of esters is 3. The lowest BCUT2D eigenvalue weighted by atomic mass is 9.96. The van der Waals surface area contributed by atoms with E-state index in [2.05, 4.69) is 62.5 Å². The number of hydrogen-bond donors (Lipinski definition) is 1. The quantitative estimate of drug-likeness (QED) is 0.0287. The fourth-order valence-electron chi connectivity index (χ4n) is 6.10. The third-order valence-electron chi connectivity index (χ3n) is 9.49. The van der Waals surface area contributed by atoms with Gasteiger partial charge in [0.05, 0.1) is 19.8 Å². The van der Waals surface area contributed by atoms with Gasteiger partial charge in [-0.1, -0.05) is 127 Å². The van der Waals surface area contributed by atoms with E-state index in [1.165, 1.54) is 77.0 Å². The number of rotatable bonds is 40. The zero-order valence-corrected chi connectivity index (χ0v) is 34.9. The Labute approximate surface area is 331 Å². The largest absolute Gasteiger partial charge is 0.466 e. The van der Waals surface area contributed by atoms with Gasteiger partial charge < -0.3 is 19.3 Å². The van der Waals surface area contributed by atoms with Crippen molar-refractivity contribution in [3.05, 3.63) is 48.6 Å². The molecule has 54 heavy (non-hydrogen) atoms. The molecule has 1 atom stereocenters. The minimum atomic E-state index is -0.316. The van der Waals surface area contributed by atoms with Crippen molar-refractivity contribution in [2.24, 2.45) is 5.92 Å². The van der Waals surface area contributed by atoms with Crippen LogP contribution in [0.25, 0.3) is 0 Å². The van der Waals surface area contributed by atoms with E-state index >= 15 is 0 Å². The first-order chi connectivity index (χ1) is 26.5. The molecule has 0 aliphatic carbocycles. The zero-order chi connectivity index (χ0) is 39.4. The van der Waals surface area contributed by atoms with Crippen molar-refractivity contribution in [1.29, 1.82) is 0 Å². The van der Waals surface area contributed by atoms with Gasteiger partial charge in [0, 0.05) is 32.3 Å². The third kappa shape index (κ3) is 40.5. The summed E-state index contributed by atoms with van der Waals surface area (Å²) in [6.07, 6.45) is 46.7. The number of aliphatic hydroxyl groups is 1. The van der Waals surface area contributed by atoms with Crippen LogP contribution in [0.5, 0.6) is 0 Å². The summed E-state index contributed by atoms with van der Waals surface area (Å²) < 4.78 is 16.2. The van der Waals surface area contributed by atoms with Crippen LogP contribution in [0.2, 0.25) is 0 Å². The normalized spacial score (nSPS) is 12.4. The maximum Gasteiger partial charge on any atom is 0.306 e. The smallest absolute Gasteiger partial charge is 0.306 e. The van der Waals surface area contributed by atoms with E-state index in [-0.39, 0.29) is 50.1 Å². The van der Waals surface area contributed by atoms with Crippen LogP contribution in [0.3, 0.4) is 0 Å². The van der Waals surface area contributed by atoms with Gasteiger partial charge in [-0.3, -0.25) is 14.4 Å². The highest BCUT2D eigenvalue weighted by molar-refractivity contribution is 5.70. The molecule has 0 rings (SSSR count). The molecule has 0 amide bonds. The molecule has 0 fully saturated rings. The van der Waals surface area contributed by atoms with Gasteiger partial charge in [-0.25, -0.2) is 0 Å². The average molecular weight is 759 g/mol. The Kier molecular flexibility index (Phi) is 40.9. The molecule has 0 saturated heterocycles. The monoisotopic (exact) mass is 759 g/mol. The minimum Gasteiger partial charge on any atom is -0.466 e. The van der Waals surface area contributed by atoms with E-state index in [0.29, 0.717) is 45.1 Å². The van der Waals surface area contributed by atoms with Crippen molar-refractivity contribution in [2.75, 3.05) is 26.4 Å². The first kappa shape index (κ1) is 51.3. The summed E-state index contributed by atoms with van der Waals surface area (Å²) in [6, 6.07) is 0. The van der Waals surface area contributed by atoms with Gasteiger partial charge in [0.2, 0.25) is 0 Å². The van der Waals surface area contributed by atoms with Crippen LogP contribution < -0.4 is 0 Å². The molecular weight excluding hydrogens is 677 g/mol. The topological polar surface area (TPSA) is 99.1 Å². The third-order valence-corrected chi connectivity index (χ3v) is 9.49. The lowest BCUT2D eigenvalue weighted by Crippen LogP contribution is -2.17. The second-order valence-electron chi connectivity index (χ2n) is 14.7. The highest BCUT2D eigenvalue weighted by atomic mass is 16.5. The summed E-state index contributed by atoms with van der Waals surface area (Å²) in [5.74, 6) is -0.700. The Bertz CT molecular complexity index is 967. The molecule has 0 saturated carbocycles. The van der Waals surface area contributed by atoms with Crippen LogP contribution in [0, 0.1) is 5.92 Å². The lowest BCUT2D eigenvalue weighted by molar-refractivity contribution is -0.147. The number of carbonyl (C=O) groups excluding carboxylic acids is 3. The molecule has 0 aromatic heterocycles. The molecule has 1 unspecified atom stereocenters. The molecule has 0 aromatic carbocycles. The van der Waals surface area contributed by atoms with E-state index in [0.717, 1.165) is 64.2 Å². The molecule has 0 aliphatic rings. The van der Waals surface area contributed by atoms with Gasteiger partial charge in [-0.05, 0) is 102 Å². The molecule has 312 valence electrons. The molecule has 7 heteroatoms. The van der Waals surface area contributed by atoms with Crippen LogP contribution in [0.4, 0.5) is 0 Å². The van der Waals surface area contributed by atoms with Crippen molar-refractivity contribution >= 4 is 17.9 Å². The first-order valence-electron chi connectivity index (χ1n) is 22.2. The highest BCUT2D eigenvalue weighted by Crippen LogP contribution is 2.18. The second kappa shape index (κ2) is 43.1. The minimum absolute atomic E-state index is 0.0259. The Morgan fingerprint density at radius 2 is 0.852 bits per heavy atom. The number of aliphatic hydroxyl groups excluding tert-OH is 1. The van der Waals surface area contributed by atoms with Crippen LogP contribution in [-0.4, -0.2) is 49.4 Å². The van der Waals surface area contributed by atoms with Crippen molar-refractivity contribution < 1.29 is 33.7 Å². The maximum absolute atomic E-state index is 12.3. The summed E-state index contributed by atoms with van der Waals surface area (Å²) in [5.41, 5.74) is 0. The van der Waals surface area contributed by atoms with Gasteiger partial charge in [-0.15, -0.1) is 0 Å². The van der Waals surface area contributed by atoms with Crippen LogP contribution in [0.1, 0.15) is 200 Å². The Morgan fingerprint density at radius 1 is 0.444 bits per heavy atom. The molecule has 0 radical (unpaired) electrons. The number of allylic oxidation sites excluding steroid dienone is 8. The van der Waals surface area contributed by atoms with Crippen LogP contribution >= 0.6 is 0 Å². The lowest BCUT2D eigenvalue weighted by Gasteiger charge is -2.16. The maximum atomic E-state index is 12.3. The fraction of sp³-hybridized carbons (Fsp3) is 0.766. The summed E-state index contributed by atoms with van der Waals surface area (Å²) in [5, 5.41) is 8.98. The van der Waals surface area contributed by atoms with Gasteiger partial charge in [-0.2, -0.15) is 0 Å². The molecular formula is C47H82O7. The zero-order valence-electron chi connectivity index (χ0n) is 34.9. The Hall–Kier alpha value is -2.67. The number of hydrogen-bond acceptors (Lipinski definition) is 7. The van der Waals surface area contributed by atoms with E-state index in [9.17, 15) is 14.4 Å². The molecule has 7 nitrogen and oxygen atoms in total. The standard InChI is InChI=1S/C47H82O7/c1-3-5-7-9-11-13-15-17-19-21-23-25-27-29-31-36-45(49)52-40-33-35-44(43-47(51)53-41-34-39-48)38-42-54-46(50)37-32-30-28-26-24-22-20-18-16-14-12-10-8-6-4-2/h11-14,17-20,44,48H,3-10,15-16,21-43H2,1-2H3/b13-11-,14-12-,19-17-,20-18-. The molecule has 0 heterocycles. The van der Waals surface area contributed by atoms with Gasteiger partial charge in [0.15, 0.2) is 0 Å². The predicted molar refractivity (Wildman–Crippen MR) is 225 cm³/mol. The predicted octanol–water partition coefficient (Wildman–Crippen LogP) is 12.8. The highest BCUT2D eigenvalue weighted by Gasteiger charge is 2.17. The van der Waals surface area contributed by atoms with Crippen molar-refractivity contribution in [3.8, 4) is 0 Å². The first-order valence-corrected chi connectivity index (χ1v) is 22.2. The number of unbranched alkanes of at least 4 members (excludes halogenated alkanes) is 16. The molecule has 0 spiro atoms. The summed E-state index contributed by atoms with van der Waals surface area (Å²) >= 11 is 0. The van der Waals surface area contributed by atoms with E-state index in [4.69, 9.17) is 19.3 Å². The average Bonchev–Trinajstić information content (AvgIpc) is 3.16. The number of carbonyl (C=O) groups is 3. The molecule has 0 aromatic rings. The summed E-state index contributed by atoms with van der Waals surface area (Å²) in [7, 11) is 0. The summed E-state index contributed by atoms with van der Waals surface area (Å²) in [6.45, 7) is 5.22. The molecule has 0 bridgehead atoms. The van der Waals surface area contributed by atoms with Gasteiger partial charge >= 0.3 is 17.9 Å². The van der Waals surface area contributed by atoms with E-state index in [1.54, 1.807) is 0 Å². The summed E-state index contributed by atoms with van der Waals surface area (Å²) in [4.78, 5) is 36.9. The molecule has 0 aliphatic heterocycles. The van der Waals surface area contributed by atoms with Crippen molar-refractivity contribution in [3.63, 3.8) is 0 Å².